The van der Waals surface area contributed by atoms with E-state index in [4.69, 9.17) is 8.22 Å². The van der Waals surface area contributed by atoms with Crippen LogP contribution < -0.4 is 20.0 Å². The molecule has 0 bridgehead atoms. The van der Waals surface area contributed by atoms with Gasteiger partial charge in [-0.15, -0.1) is 0 Å². The van der Waals surface area contributed by atoms with Gasteiger partial charge in [-0.05, 0) is 68.1 Å². The van der Waals surface area contributed by atoms with Crippen molar-refractivity contribution in [3.63, 3.8) is 0 Å². The molecular formula is C28H32N8. The van der Waals surface area contributed by atoms with Crippen LogP contribution in [0.1, 0.15) is 30.6 Å². The van der Waals surface area contributed by atoms with Crippen molar-refractivity contribution in [2.24, 2.45) is 0 Å². The highest BCUT2D eigenvalue weighted by molar-refractivity contribution is 5.83. The van der Waals surface area contributed by atoms with Crippen LogP contribution >= 0.6 is 0 Å². The number of nitrogens with zero attached hydrogens (tertiary/aromatic N) is 7. The molecular weight excluding hydrogens is 448 g/mol. The van der Waals surface area contributed by atoms with Gasteiger partial charge in [0.05, 0.1) is 19.0 Å². The van der Waals surface area contributed by atoms with Gasteiger partial charge in [0.25, 0.3) is 0 Å². The average Bonchev–Trinajstić information content (AvgIpc) is 3.29. The monoisotopic (exact) mass is 486 g/mol. The summed E-state index contributed by atoms with van der Waals surface area (Å²) in [6.07, 6.45) is 5.99. The zero-order valence-electron chi connectivity index (χ0n) is 26.7. The van der Waals surface area contributed by atoms with Crippen LogP contribution in [0.4, 0.5) is 28.8 Å². The summed E-state index contributed by atoms with van der Waals surface area (Å²) in [6, 6.07) is 10.0. The van der Waals surface area contributed by atoms with Crippen molar-refractivity contribution in [1.82, 2.24) is 19.9 Å². The summed E-state index contributed by atoms with van der Waals surface area (Å²) in [4.78, 5) is 21.5. The van der Waals surface area contributed by atoms with Crippen LogP contribution in [0.15, 0.2) is 55.1 Å². The highest BCUT2D eigenvalue weighted by atomic mass is 15.4. The summed E-state index contributed by atoms with van der Waals surface area (Å²) in [7, 11) is 0. The molecule has 0 unspecified atom stereocenters. The predicted octanol–water partition coefficient (Wildman–Crippen LogP) is 5.22. The lowest BCUT2D eigenvalue weighted by molar-refractivity contribution is 0.918. The highest BCUT2D eigenvalue weighted by Crippen LogP contribution is 2.40. The van der Waals surface area contributed by atoms with Crippen molar-refractivity contribution in [2.45, 2.75) is 27.7 Å². The van der Waals surface area contributed by atoms with Gasteiger partial charge in [-0.3, -0.25) is 4.98 Å². The molecule has 0 saturated carbocycles. The number of hydrogen-bond acceptors (Lipinski definition) is 8. The van der Waals surface area contributed by atoms with E-state index in [2.05, 4.69) is 51.2 Å². The van der Waals surface area contributed by atoms with Crippen LogP contribution in [0.2, 0.25) is 0 Å². The molecule has 0 fully saturated rings. The van der Waals surface area contributed by atoms with Crippen LogP contribution in [-0.2, 0) is 0 Å². The lowest BCUT2D eigenvalue weighted by Gasteiger charge is -2.24. The van der Waals surface area contributed by atoms with Crippen LogP contribution in [-0.4, -0.2) is 47.2 Å². The molecule has 4 aromatic rings. The lowest BCUT2D eigenvalue weighted by atomic mass is 9.93. The van der Waals surface area contributed by atoms with Crippen LogP contribution in [0, 0.1) is 27.7 Å². The Bertz CT molecular complexity index is 1600. The number of anilines is 5. The number of aryl methyl sites for hydroxylation is 4. The largest absolute Gasteiger partial charge is 0.368 e. The van der Waals surface area contributed by atoms with Crippen molar-refractivity contribution in [3.8, 4) is 11.1 Å². The molecule has 5 rings (SSSR count). The van der Waals surface area contributed by atoms with Gasteiger partial charge >= 0.3 is 0 Å². The standard InChI is InChI=1S/C28H32N8/c1-18-11-19(2)25(20(3)12-18)22-13-23(33-16-34(5)26-21(4)29-7-8-30-26)15-24(14-22)36-17-35(6)27-28(36)32-10-9-31-27/h7-15,33H,16-17H2,1-6H3/i5D3,6D3. The maximum Gasteiger partial charge on any atom is 0.178 e. The molecule has 0 spiro atoms. The van der Waals surface area contributed by atoms with Gasteiger partial charge in [0.15, 0.2) is 17.5 Å². The number of hydrogen-bond donors (Lipinski definition) is 1. The van der Waals surface area contributed by atoms with Gasteiger partial charge in [0.1, 0.15) is 0 Å². The van der Waals surface area contributed by atoms with E-state index in [0.29, 0.717) is 22.9 Å². The van der Waals surface area contributed by atoms with E-state index in [9.17, 15) is 0 Å². The highest BCUT2D eigenvalue weighted by Gasteiger charge is 2.27. The summed E-state index contributed by atoms with van der Waals surface area (Å²) < 4.78 is 48.6. The Balaban J connectivity index is 1.61. The first kappa shape index (κ1) is 17.3. The molecule has 2 aromatic carbocycles. The second-order valence-corrected chi connectivity index (χ2v) is 8.97. The molecule has 8 heteroatoms. The fraction of sp³-hybridized carbons (Fsp3) is 0.286. The lowest BCUT2D eigenvalue weighted by Crippen LogP contribution is -2.27. The first-order chi connectivity index (χ1) is 19.7. The normalized spacial score (nSPS) is 15.8. The van der Waals surface area contributed by atoms with E-state index in [1.807, 2.05) is 25.1 Å². The second kappa shape index (κ2) is 9.45. The quantitative estimate of drug-likeness (QED) is 0.372. The molecule has 1 aliphatic heterocycles. The van der Waals surface area contributed by atoms with Gasteiger partial charge in [-0.25, -0.2) is 15.0 Å². The molecule has 1 aliphatic rings. The Morgan fingerprint density at radius 3 is 2.33 bits per heavy atom. The van der Waals surface area contributed by atoms with Crippen LogP contribution in [0.3, 0.4) is 0 Å². The van der Waals surface area contributed by atoms with Crippen LogP contribution in [0.5, 0.6) is 0 Å². The van der Waals surface area contributed by atoms with E-state index in [0.717, 1.165) is 27.8 Å². The summed E-state index contributed by atoms with van der Waals surface area (Å²) in [5.74, 6) is 0.948. The first-order valence-corrected chi connectivity index (χ1v) is 11.6. The Morgan fingerprint density at radius 2 is 1.61 bits per heavy atom. The third-order valence-electron chi connectivity index (χ3n) is 6.20. The fourth-order valence-electron chi connectivity index (χ4n) is 4.74. The summed E-state index contributed by atoms with van der Waals surface area (Å²) in [5, 5.41) is 3.28. The maximum atomic E-state index is 8.15. The summed E-state index contributed by atoms with van der Waals surface area (Å²) in [5.41, 5.74) is 7.05. The van der Waals surface area contributed by atoms with Crippen molar-refractivity contribution >= 4 is 28.8 Å². The molecule has 0 saturated heterocycles. The molecule has 184 valence electrons. The van der Waals surface area contributed by atoms with Gasteiger partial charge in [0, 0.05) is 58.3 Å². The van der Waals surface area contributed by atoms with E-state index in [1.54, 1.807) is 11.8 Å². The van der Waals surface area contributed by atoms with Gasteiger partial charge in [0.2, 0.25) is 0 Å². The summed E-state index contributed by atoms with van der Waals surface area (Å²) >= 11 is 0. The van der Waals surface area contributed by atoms with E-state index in [-0.39, 0.29) is 25.0 Å². The fourth-order valence-corrected chi connectivity index (χ4v) is 4.74. The predicted molar refractivity (Wildman–Crippen MR) is 147 cm³/mol. The van der Waals surface area contributed by atoms with Gasteiger partial charge in [-0.2, -0.15) is 0 Å². The Kier molecular flexibility index (Phi) is 4.53. The first-order valence-electron chi connectivity index (χ1n) is 14.6. The summed E-state index contributed by atoms with van der Waals surface area (Å²) in [6.45, 7) is 2.90. The molecule has 0 amide bonds. The minimum atomic E-state index is -2.48. The Morgan fingerprint density at radius 1 is 0.889 bits per heavy atom. The number of aromatic nitrogens is 4. The number of fused-ring (bicyclic) bond motifs is 1. The maximum absolute atomic E-state index is 8.15. The van der Waals surface area contributed by atoms with Gasteiger partial charge in [-0.1, -0.05) is 17.7 Å². The average molecular weight is 487 g/mol. The number of nitrogens with one attached hydrogen (secondary N) is 1. The van der Waals surface area contributed by atoms with E-state index >= 15 is 0 Å². The minimum Gasteiger partial charge on any atom is -0.368 e. The van der Waals surface area contributed by atoms with E-state index in [1.165, 1.54) is 34.6 Å². The third kappa shape index (κ3) is 4.42. The zero-order chi connectivity index (χ0) is 30.4. The van der Waals surface area contributed by atoms with Gasteiger partial charge < -0.3 is 20.0 Å². The van der Waals surface area contributed by atoms with Crippen molar-refractivity contribution in [3.05, 3.63) is 77.5 Å². The molecule has 8 nitrogen and oxygen atoms in total. The molecule has 0 aliphatic carbocycles. The second-order valence-electron chi connectivity index (χ2n) is 8.97. The topological polar surface area (TPSA) is 73.3 Å². The third-order valence-corrected chi connectivity index (χ3v) is 6.20. The van der Waals surface area contributed by atoms with Crippen molar-refractivity contribution < 1.29 is 8.22 Å². The minimum absolute atomic E-state index is 0.0186. The number of rotatable bonds is 6. The molecule has 3 heterocycles. The van der Waals surface area contributed by atoms with Crippen molar-refractivity contribution in [1.29, 1.82) is 0 Å². The van der Waals surface area contributed by atoms with Crippen LogP contribution in [0.25, 0.3) is 11.1 Å². The van der Waals surface area contributed by atoms with E-state index < -0.39 is 14.0 Å². The molecule has 1 N–H and O–H groups in total. The molecule has 0 atom stereocenters. The SMILES string of the molecule is [2H]C([2H])([2H])N(CNc1cc(-c2c(C)cc(C)cc2C)cc(N2CN(C([2H])([2H])[2H])c3nccnc32)c1)c1nccnc1C. The molecule has 2 aromatic heterocycles. The van der Waals surface area contributed by atoms with Crippen molar-refractivity contribution in [2.75, 3.05) is 47.3 Å². The smallest absolute Gasteiger partial charge is 0.178 e. The molecule has 0 radical (unpaired) electrons. The molecule has 36 heavy (non-hydrogen) atoms. The zero-order valence-corrected chi connectivity index (χ0v) is 20.7. The number of benzene rings is 2. The Hall–Kier alpha value is -4.20. The Labute approximate surface area is 221 Å².